The molecule has 5 heterocycles. The molecular weight excluding hydrogens is 566 g/mol. The third-order valence-electron chi connectivity index (χ3n) is 9.42. The first-order valence-corrected chi connectivity index (χ1v) is 15.6. The van der Waals surface area contributed by atoms with Crippen LogP contribution in [0.2, 0.25) is 0 Å². The average molecular weight is 612 g/mol. The number of nitrogens with zero attached hydrogens (tertiary/aromatic N) is 1. The van der Waals surface area contributed by atoms with Gasteiger partial charge in [0, 0.05) is 31.6 Å². The van der Waals surface area contributed by atoms with Gasteiger partial charge in [0.15, 0.2) is 12.0 Å². The van der Waals surface area contributed by atoms with Gasteiger partial charge in [-0.1, -0.05) is 44.2 Å². The van der Waals surface area contributed by atoms with Crippen LogP contribution in [0.3, 0.4) is 0 Å². The van der Waals surface area contributed by atoms with E-state index in [0.717, 1.165) is 11.3 Å². The molecule has 3 saturated heterocycles. The molecule has 44 heavy (non-hydrogen) atoms. The Labute approximate surface area is 258 Å². The van der Waals surface area contributed by atoms with Crippen molar-refractivity contribution in [3.8, 4) is 0 Å². The van der Waals surface area contributed by atoms with Crippen LogP contribution in [0, 0.1) is 24.7 Å². The summed E-state index contributed by atoms with van der Waals surface area (Å²) in [5.41, 5.74) is 1.49. The second-order valence-corrected chi connectivity index (χ2v) is 13.1. The number of rotatable bonds is 6. The normalized spacial score (nSPS) is 37.9. The van der Waals surface area contributed by atoms with Crippen LogP contribution in [-0.2, 0) is 28.5 Å². The number of epoxide rings is 2. The summed E-state index contributed by atoms with van der Waals surface area (Å²) in [4.78, 5) is 29.9. The summed E-state index contributed by atoms with van der Waals surface area (Å²) in [6.45, 7) is 11.2. The lowest BCUT2D eigenvalue weighted by molar-refractivity contribution is -0.159. The van der Waals surface area contributed by atoms with Crippen molar-refractivity contribution in [3.05, 3.63) is 59.4 Å². The maximum Gasteiger partial charge on any atom is 0.338 e. The van der Waals surface area contributed by atoms with Gasteiger partial charge >= 0.3 is 11.9 Å². The minimum absolute atomic E-state index is 0.0290. The smallest absolute Gasteiger partial charge is 0.338 e. The molecule has 4 aliphatic heterocycles. The van der Waals surface area contributed by atoms with Crippen LogP contribution in [0.4, 0.5) is 0 Å². The zero-order valence-corrected chi connectivity index (χ0v) is 26.3. The molecule has 4 aliphatic rings. The van der Waals surface area contributed by atoms with Gasteiger partial charge in [-0.05, 0) is 56.8 Å². The molecule has 1 aromatic heterocycles. The number of aliphatic hydroxyl groups is 2. The summed E-state index contributed by atoms with van der Waals surface area (Å²) >= 11 is 0. The Morgan fingerprint density at radius 2 is 1.89 bits per heavy atom. The van der Waals surface area contributed by atoms with Crippen molar-refractivity contribution in [2.75, 3.05) is 0 Å². The number of esters is 2. The predicted molar refractivity (Wildman–Crippen MR) is 161 cm³/mol. The highest BCUT2D eigenvalue weighted by Crippen LogP contribution is 2.44. The van der Waals surface area contributed by atoms with E-state index >= 15 is 0 Å². The monoisotopic (exact) mass is 611 g/mol. The SMILES string of the molecule is CC(C=CC=C(C)[C@H](O)[C@@H](C)C1C[C@H](O)[C@]2(C)O[C@@H]2C=C[C@@H](C)[C@H]2C[C@H](CC(=O)O2)C[C@@H]2O[C@H]2C(=O)O1)=Cc1coc(C)n1. The lowest BCUT2D eigenvalue weighted by Gasteiger charge is -2.32. The molecule has 2 N–H and O–H groups in total. The summed E-state index contributed by atoms with van der Waals surface area (Å²) in [5.74, 6) is -0.684. The van der Waals surface area contributed by atoms with Gasteiger partial charge in [-0.2, -0.15) is 0 Å². The number of carbonyl (C=O) groups excluding carboxylic acids is 2. The predicted octanol–water partition coefficient (Wildman–Crippen LogP) is 4.39. The molecule has 10 heteroatoms. The van der Waals surface area contributed by atoms with Crippen LogP contribution in [-0.4, -0.2) is 75.5 Å². The van der Waals surface area contributed by atoms with Crippen molar-refractivity contribution in [3.63, 3.8) is 0 Å². The largest absolute Gasteiger partial charge is 0.462 e. The first-order chi connectivity index (χ1) is 20.8. The van der Waals surface area contributed by atoms with Gasteiger partial charge < -0.3 is 33.6 Å². The third-order valence-corrected chi connectivity index (χ3v) is 9.42. The van der Waals surface area contributed by atoms with E-state index < -0.39 is 41.9 Å². The molecule has 0 aromatic carbocycles. The second kappa shape index (κ2) is 13.1. The van der Waals surface area contributed by atoms with Crippen LogP contribution in [0.5, 0.6) is 0 Å². The Morgan fingerprint density at radius 3 is 2.61 bits per heavy atom. The number of cyclic esters (lactones) is 1. The Bertz CT molecular complexity index is 1340. The van der Waals surface area contributed by atoms with Gasteiger partial charge in [0.1, 0.15) is 35.9 Å². The van der Waals surface area contributed by atoms with E-state index in [4.69, 9.17) is 23.4 Å². The quantitative estimate of drug-likeness (QED) is 0.206. The van der Waals surface area contributed by atoms with Gasteiger partial charge in [-0.3, -0.25) is 4.79 Å². The summed E-state index contributed by atoms with van der Waals surface area (Å²) in [6, 6.07) is 0. The van der Waals surface area contributed by atoms with Crippen molar-refractivity contribution in [1.29, 1.82) is 0 Å². The van der Waals surface area contributed by atoms with E-state index in [1.54, 1.807) is 20.1 Å². The minimum Gasteiger partial charge on any atom is -0.462 e. The number of hydrogen-bond acceptors (Lipinski definition) is 10. The van der Waals surface area contributed by atoms with E-state index in [1.807, 2.05) is 64.2 Å². The van der Waals surface area contributed by atoms with E-state index in [0.29, 0.717) is 30.7 Å². The topological polar surface area (TPSA) is 144 Å². The van der Waals surface area contributed by atoms with Gasteiger partial charge in [-0.25, -0.2) is 9.78 Å². The maximum absolute atomic E-state index is 13.2. The molecule has 0 aliphatic carbocycles. The fourth-order valence-corrected chi connectivity index (χ4v) is 6.25. The molecule has 10 nitrogen and oxygen atoms in total. The molecule has 0 radical (unpaired) electrons. The van der Waals surface area contributed by atoms with E-state index in [9.17, 15) is 19.8 Å². The van der Waals surface area contributed by atoms with Crippen LogP contribution in [0.1, 0.15) is 71.9 Å². The molecule has 11 atom stereocenters. The summed E-state index contributed by atoms with van der Waals surface area (Å²) in [7, 11) is 0. The number of aliphatic hydroxyl groups excluding tert-OH is 2. The number of hydrogen-bond donors (Lipinski definition) is 2. The second-order valence-electron chi connectivity index (χ2n) is 13.1. The molecule has 0 spiro atoms. The number of ether oxygens (including phenoxy) is 4. The number of fused-ring (bicyclic) bond motifs is 4. The molecular formula is C34H45NO9. The van der Waals surface area contributed by atoms with Crippen molar-refractivity contribution >= 4 is 18.0 Å². The zero-order chi connectivity index (χ0) is 31.8. The number of oxazole rings is 1. The third kappa shape index (κ3) is 7.59. The molecule has 3 fully saturated rings. The van der Waals surface area contributed by atoms with Crippen molar-refractivity contribution in [2.45, 2.75) is 116 Å². The Kier molecular flexibility index (Phi) is 9.65. The Balaban J connectivity index is 1.30. The van der Waals surface area contributed by atoms with Gasteiger partial charge in [0.2, 0.25) is 0 Å². The standard InChI is InChI=1S/C34H45NO9/c1-18(12-24-17-40-22(5)35-24)8-7-9-20(3)31(38)21(4)26-16-28(36)34(6)29(44-34)11-10-19(2)25-13-23(15-30(37)41-25)14-27-32(42-27)33(39)43-26/h7-12,17,19,21,23,25-29,31-32,36,38H,13-16H2,1-6H3/t19-,21+,23+,25-,26?,27+,28+,29-,31+,32-,34+/m1/s1. The molecule has 2 bridgehead atoms. The van der Waals surface area contributed by atoms with E-state index in [1.165, 1.54) is 0 Å². The minimum atomic E-state index is -0.960. The van der Waals surface area contributed by atoms with Crippen LogP contribution in [0.25, 0.3) is 6.08 Å². The lowest BCUT2D eigenvalue weighted by Crippen LogP contribution is -2.41. The molecule has 5 rings (SSSR count). The molecule has 1 aromatic rings. The van der Waals surface area contributed by atoms with Gasteiger partial charge in [0.05, 0.1) is 18.3 Å². The van der Waals surface area contributed by atoms with Crippen LogP contribution in [0.15, 0.2) is 52.2 Å². The summed E-state index contributed by atoms with van der Waals surface area (Å²) < 4.78 is 28.5. The fraction of sp³-hybridized carbons (Fsp3) is 0.618. The Hall–Kier alpha value is -3.05. The average Bonchev–Trinajstić information content (AvgIpc) is 3.84. The van der Waals surface area contributed by atoms with Crippen molar-refractivity contribution in [2.24, 2.45) is 17.8 Å². The van der Waals surface area contributed by atoms with Gasteiger partial charge in [-0.15, -0.1) is 0 Å². The van der Waals surface area contributed by atoms with Gasteiger partial charge in [0.25, 0.3) is 0 Å². The summed E-state index contributed by atoms with van der Waals surface area (Å²) in [6.07, 6.45) is 10.2. The van der Waals surface area contributed by atoms with E-state index in [-0.39, 0.29) is 42.5 Å². The number of allylic oxidation sites excluding steroid dienone is 4. The number of aromatic nitrogens is 1. The molecule has 0 saturated carbocycles. The first-order valence-electron chi connectivity index (χ1n) is 15.6. The first kappa shape index (κ1) is 32.3. The molecule has 240 valence electrons. The molecule has 1 unspecified atom stereocenters. The Morgan fingerprint density at radius 1 is 1.14 bits per heavy atom. The lowest BCUT2D eigenvalue weighted by atomic mass is 9.84. The zero-order valence-electron chi connectivity index (χ0n) is 26.3. The maximum atomic E-state index is 13.2. The summed E-state index contributed by atoms with van der Waals surface area (Å²) in [5, 5.41) is 22.6. The molecule has 0 amide bonds. The highest BCUT2D eigenvalue weighted by Gasteiger charge is 2.57. The highest BCUT2D eigenvalue weighted by molar-refractivity contribution is 5.78. The van der Waals surface area contributed by atoms with Crippen molar-refractivity contribution < 1.29 is 43.2 Å². The number of aryl methyl sites for hydroxylation is 1. The van der Waals surface area contributed by atoms with E-state index in [2.05, 4.69) is 4.98 Å². The van der Waals surface area contributed by atoms with Crippen LogP contribution >= 0.6 is 0 Å². The fourth-order valence-electron chi connectivity index (χ4n) is 6.25. The number of carbonyl (C=O) groups is 2. The van der Waals surface area contributed by atoms with Crippen molar-refractivity contribution in [1.82, 2.24) is 4.98 Å². The highest BCUT2D eigenvalue weighted by atomic mass is 16.6. The van der Waals surface area contributed by atoms with Crippen LogP contribution < -0.4 is 0 Å².